The van der Waals surface area contributed by atoms with Gasteiger partial charge < -0.3 is 10.5 Å². The molecule has 0 spiro atoms. The van der Waals surface area contributed by atoms with Crippen LogP contribution in [-0.4, -0.2) is 9.78 Å². The highest BCUT2D eigenvalue weighted by molar-refractivity contribution is 5.31. The Hall–Kier alpha value is -1.97. The van der Waals surface area contributed by atoms with Crippen molar-refractivity contribution in [3.8, 4) is 5.75 Å². The van der Waals surface area contributed by atoms with Crippen molar-refractivity contribution in [2.45, 2.75) is 33.4 Å². The van der Waals surface area contributed by atoms with Gasteiger partial charge in [0.1, 0.15) is 11.6 Å². The molecule has 2 rings (SSSR count). The lowest BCUT2D eigenvalue weighted by atomic mass is 10.0. The second kappa shape index (κ2) is 5.12. The summed E-state index contributed by atoms with van der Waals surface area (Å²) in [5, 5.41) is 4.15. The van der Waals surface area contributed by atoms with Crippen LogP contribution in [0.4, 0.5) is 5.82 Å². The number of nitrogens with zero attached hydrogens (tertiary/aromatic N) is 2. The fourth-order valence-electron chi connectivity index (χ4n) is 1.77. The number of aryl methyl sites for hydroxylation is 1. The average molecular weight is 245 g/mol. The van der Waals surface area contributed by atoms with Gasteiger partial charge in [0.2, 0.25) is 0 Å². The first kappa shape index (κ1) is 12.5. The molecule has 1 heterocycles. The van der Waals surface area contributed by atoms with Gasteiger partial charge in [-0.2, -0.15) is 5.10 Å². The molecule has 96 valence electrons. The Morgan fingerprint density at radius 3 is 2.72 bits per heavy atom. The van der Waals surface area contributed by atoms with Gasteiger partial charge in [-0.3, -0.25) is 0 Å². The van der Waals surface area contributed by atoms with Gasteiger partial charge in [0.25, 0.3) is 0 Å². The summed E-state index contributed by atoms with van der Waals surface area (Å²) in [7, 11) is 0. The van der Waals surface area contributed by atoms with E-state index >= 15 is 0 Å². The van der Waals surface area contributed by atoms with Gasteiger partial charge in [-0.25, -0.2) is 4.68 Å². The number of anilines is 1. The molecule has 0 saturated heterocycles. The Balaban J connectivity index is 2.06. The summed E-state index contributed by atoms with van der Waals surface area (Å²) in [4.78, 5) is 0. The number of hydrogen-bond acceptors (Lipinski definition) is 3. The van der Waals surface area contributed by atoms with Crippen molar-refractivity contribution < 1.29 is 4.74 Å². The van der Waals surface area contributed by atoms with E-state index in [1.165, 1.54) is 5.56 Å². The van der Waals surface area contributed by atoms with Crippen molar-refractivity contribution in [2.75, 3.05) is 5.73 Å². The molecule has 0 atom stereocenters. The third kappa shape index (κ3) is 2.83. The summed E-state index contributed by atoms with van der Waals surface area (Å²) >= 11 is 0. The van der Waals surface area contributed by atoms with E-state index in [0.29, 0.717) is 18.5 Å². The molecule has 0 radical (unpaired) electrons. The lowest BCUT2D eigenvalue weighted by Crippen LogP contribution is -2.08. The van der Waals surface area contributed by atoms with Gasteiger partial charge in [0.05, 0.1) is 0 Å². The second-order valence-corrected chi connectivity index (χ2v) is 4.71. The first-order valence-corrected chi connectivity index (χ1v) is 6.09. The molecule has 4 heteroatoms. The fourth-order valence-corrected chi connectivity index (χ4v) is 1.77. The normalized spacial score (nSPS) is 10.9. The van der Waals surface area contributed by atoms with Crippen LogP contribution in [-0.2, 0) is 6.73 Å². The molecule has 0 aliphatic rings. The zero-order valence-electron chi connectivity index (χ0n) is 11.1. The average Bonchev–Trinajstić information content (AvgIpc) is 2.65. The van der Waals surface area contributed by atoms with Crippen LogP contribution in [0.2, 0.25) is 0 Å². The van der Waals surface area contributed by atoms with Crippen LogP contribution < -0.4 is 10.5 Å². The molecular weight excluding hydrogens is 226 g/mol. The fraction of sp³-hybridized carbons (Fsp3) is 0.357. The highest BCUT2D eigenvalue weighted by Gasteiger charge is 2.03. The molecule has 1 aromatic heterocycles. The number of nitrogens with two attached hydrogens (primary N) is 1. The monoisotopic (exact) mass is 245 g/mol. The van der Waals surface area contributed by atoms with E-state index in [9.17, 15) is 0 Å². The van der Waals surface area contributed by atoms with Gasteiger partial charge in [-0.15, -0.1) is 0 Å². The zero-order chi connectivity index (χ0) is 13.1. The predicted molar refractivity (Wildman–Crippen MR) is 72.5 cm³/mol. The Morgan fingerprint density at radius 2 is 2.11 bits per heavy atom. The molecule has 4 nitrogen and oxygen atoms in total. The van der Waals surface area contributed by atoms with Gasteiger partial charge in [0.15, 0.2) is 6.73 Å². The SMILES string of the molecule is Cc1cc(N)nn1COc1cccc(C(C)C)c1. The van der Waals surface area contributed by atoms with E-state index < -0.39 is 0 Å². The van der Waals surface area contributed by atoms with Crippen LogP contribution in [0.25, 0.3) is 0 Å². The van der Waals surface area contributed by atoms with Crippen LogP contribution in [0.3, 0.4) is 0 Å². The minimum absolute atomic E-state index is 0.380. The van der Waals surface area contributed by atoms with Gasteiger partial charge in [0, 0.05) is 11.8 Å². The Labute approximate surface area is 107 Å². The maximum Gasteiger partial charge on any atom is 0.181 e. The molecule has 18 heavy (non-hydrogen) atoms. The Morgan fingerprint density at radius 1 is 1.33 bits per heavy atom. The van der Waals surface area contributed by atoms with Crippen molar-refractivity contribution >= 4 is 5.82 Å². The Bertz CT molecular complexity index is 532. The van der Waals surface area contributed by atoms with Crippen molar-refractivity contribution in [3.63, 3.8) is 0 Å². The number of benzene rings is 1. The highest BCUT2D eigenvalue weighted by Crippen LogP contribution is 2.20. The van der Waals surface area contributed by atoms with Crippen LogP contribution in [0, 0.1) is 6.92 Å². The molecule has 0 aliphatic heterocycles. The van der Waals surface area contributed by atoms with Crippen LogP contribution >= 0.6 is 0 Å². The largest absolute Gasteiger partial charge is 0.471 e. The summed E-state index contributed by atoms with van der Waals surface area (Å²) in [5.74, 6) is 1.87. The minimum atomic E-state index is 0.380. The van der Waals surface area contributed by atoms with Crippen molar-refractivity contribution in [1.29, 1.82) is 0 Å². The van der Waals surface area contributed by atoms with Crippen molar-refractivity contribution in [1.82, 2.24) is 9.78 Å². The first-order valence-electron chi connectivity index (χ1n) is 6.09. The predicted octanol–water partition coefficient (Wildman–Crippen LogP) is 2.93. The van der Waals surface area contributed by atoms with Crippen molar-refractivity contribution in [2.24, 2.45) is 0 Å². The first-order chi connectivity index (χ1) is 8.56. The summed E-state index contributed by atoms with van der Waals surface area (Å²) in [5.41, 5.74) is 7.89. The molecule has 0 saturated carbocycles. The number of nitrogen functional groups attached to an aromatic ring is 1. The van der Waals surface area contributed by atoms with E-state index in [2.05, 4.69) is 31.1 Å². The molecule has 2 aromatic rings. The topological polar surface area (TPSA) is 53.1 Å². The zero-order valence-corrected chi connectivity index (χ0v) is 11.1. The molecule has 0 bridgehead atoms. The minimum Gasteiger partial charge on any atom is -0.471 e. The van der Waals surface area contributed by atoms with Crippen LogP contribution in [0.1, 0.15) is 31.0 Å². The quantitative estimate of drug-likeness (QED) is 0.901. The third-order valence-corrected chi connectivity index (χ3v) is 2.88. The standard InChI is InChI=1S/C14H19N3O/c1-10(2)12-5-4-6-13(8-12)18-9-17-11(3)7-14(15)16-17/h4-8,10H,9H2,1-3H3,(H2,15,16). The smallest absolute Gasteiger partial charge is 0.181 e. The number of aromatic nitrogens is 2. The molecule has 0 fully saturated rings. The summed E-state index contributed by atoms with van der Waals surface area (Å²) in [6.45, 7) is 6.66. The van der Waals surface area contributed by atoms with E-state index in [4.69, 9.17) is 10.5 Å². The highest BCUT2D eigenvalue weighted by atomic mass is 16.5. The number of rotatable bonds is 4. The third-order valence-electron chi connectivity index (χ3n) is 2.88. The molecule has 0 amide bonds. The van der Waals surface area contributed by atoms with Gasteiger partial charge in [-0.1, -0.05) is 26.0 Å². The molecular formula is C14H19N3O. The molecule has 1 aromatic carbocycles. The number of hydrogen-bond donors (Lipinski definition) is 1. The summed E-state index contributed by atoms with van der Waals surface area (Å²) < 4.78 is 7.47. The van der Waals surface area contributed by atoms with E-state index in [-0.39, 0.29) is 0 Å². The number of ether oxygens (including phenoxy) is 1. The van der Waals surface area contributed by atoms with E-state index in [1.54, 1.807) is 4.68 Å². The van der Waals surface area contributed by atoms with Crippen LogP contribution in [0.15, 0.2) is 30.3 Å². The molecule has 0 aliphatic carbocycles. The van der Waals surface area contributed by atoms with Gasteiger partial charge >= 0.3 is 0 Å². The van der Waals surface area contributed by atoms with Crippen LogP contribution in [0.5, 0.6) is 5.75 Å². The van der Waals surface area contributed by atoms with E-state index in [0.717, 1.165) is 11.4 Å². The van der Waals surface area contributed by atoms with Crippen molar-refractivity contribution in [3.05, 3.63) is 41.6 Å². The molecule has 2 N–H and O–H groups in total. The lowest BCUT2D eigenvalue weighted by molar-refractivity contribution is 0.218. The second-order valence-electron chi connectivity index (χ2n) is 4.71. The van der Waals surface area contributed by atoms with E-state index in [1.807, 2.05) is 25.1 Å². The maximum atomic E-state index is 5.72. The van der Waals surface area contributed by atoms with Gasteiger partial charge in [-0.05, 0) is 30.5 Å². The maximum absolute atomic E-state index is 5.72. The summed E-state index contributed by atoms with van der Waals surface area (Å²) in [6, 6.07) is 9.96. The Kier molecular flexibility index (Phi) is 3.55. The lowest BCUT2D eigenvalue weighted by Gasteiger charge is -2.10. The summed E-state index contributed by atoms with van der Waals surface area (Å²) in [6.07, 6.45) is 0. The molecule has 0 unspecified atom stereocenters.